The molecule has 0 radical (unpaired) electrons. The van der Waals surface area contributed by atoms with Crippen LogP contribution in [0.3, 0.4) is 0 Å². The van der Waals surface area contributed by atoms with Crippen LogP contribution in [0.5, 0.6) is 5.75 Å². The van der Waals surface area contributed by atoms with Gasteiger partial charge in [0.1, 0.15) is 5.75 Å². The number of ether oxygens (including phenoxy) is 1. The minimum absolute atomic E-state index is 0.249. The first-order valence-corrected chi connectivity index (χ1v) is 9.68. The smallest absolute Gasteiger partial charge is 0.159 e. The number of methoxy groups -OCH3 is 1. The van der Waals surface area contributed by atoms with E-state index in [0.717, 1.165) is 53.8 Å². The SMILES string of the molecule is COc1ccc(CNc2nnc(N3CCC(O)CC3)c3ccc(C#N)cc23)cc1. The average molecular weight is 389 g/mol. The lowest BCUT2D eigenvalue weighted by Gasteiger charge is -2.31. The number of benzene rings is 2. The van der Waals surface area contributed by atoms with Crippen molar-refractivity contribution in [2.45, 2.75) is 25.5 Å². The topological polar surface area (TPSA) is 94.3 Å². The monoisotopic (exact) mass is 389 g/mol. The molecular formula is C22H23N5O2. The van der Waals surface area contributed by atoms with Crippen LogP contribution in [0.2, 0.25) is 0 Å². The normalized spacial score (nSPS) is 14.6. The Balaban J connectivity index is 1.64. The molecule has 0 saturated carbocycles. The first kappa shape index (κ1) is 19.0. The second-order valence-corrected chi connectivity index (χ2v) is 7.16. The van der Waals surface area contributed by atoms with Gasteiger partial charge in [-0.05, 0) is 48.7 Å². The third-order valence-corrected chi connectivity index (χ3v) is 5.27. The quantitative estimate of drug-likeness (QED) is 0.692. The molecule has 0 aliphatic carbocycles. The lowest BCUT2D eigenvalue weighted by Crippen LogP contribution is -2.36. The second kappa shape index (κ2) is 8.33. The highest BCUT2D eigenvalue weighted by atomic mass is 16.5. The van der Waals surface area contributed by atoms with Crippen LogP contribution >= 0.6 is 0 Å². The second-order valence-electron chi connectivity index (χ2n) is 7.16. The molecule has 0 unspecified atom stereocenters. The molecule has 0 bridgehead atoms. The van der Waals surface area contributed by atoms with Crippen LogP contribution in [0.4, 0.5) is 11.6 Å². The number of rotatable bonds is 5. The van der Waals surface area contributed by atoms with Crippen LogP contribution in [-0.2, 0) is 6.54 Å². The molecule has 1 saturated heterocycles. The fourth-order valence-electron chi connectivity index (χ4n) is 3.58. The van der Waals surface area contributed by atoms with E-state index in [1.54, 1.807) is 13.2 Å². The van der Waals surface area contributed by atoms with E-state index >= 15 is 0 Å². The standard InChI is InChI=1S/C22H23N5O2/c1-29-18-5-2-15(3-6-18)14-24-21-20-12-16(13-23)4-7-19(20)22(26-25-21)27-10-8-17(28)9-11-27/h2-7,12,17,28H,8-11,14H2,1H3,(H,24,25). The van der Waals surface area contributed by atoms with Gasteiger partial charge in [0.2, 0.25) is 0 Å². The van der Waals surface area contributed by atoms with Gasteiger partial charge in [0.05, 0.1) is 24.8 Å². The first-order valence-electron chi connectivity index (χ1n) is 9.68. The van der Waals surface area contributed by atoms with Crippen LogP contribution in [-0.4, -0.2) is 41.6 Å². The van der Waals surface area contributed by atoms with Crippen LogP contribution in [0.15, 0.2) is 42.5 Å². The van der Waals surface area contributed by atoms with Gasteiger partial charge in [-0.2, -0.15) is 5.26 Å². The molecule has 7 heteroatoms. The number of nitriles is 1. The van der Waals surface area contributed by atoms with E-state index in [9.17, 15) is 10.4 Å². The fourth-order valence-corrected chi connectivity index (χ4v) is 3.58. The minimum Gasteiger partial charge on any atom is -0.497 e. The Morgan fingerprint density at radius 1 is 1.14 bits per heavy atom. The number of fused-ring (bicyclic) bond motifs is 1. The number of piperidine rings is 1. The third kappa shape index (κ3) is 4.08. The zero-order valence-corrected chi connectivity index (χ0v) is 16.3. The molecule has 1 aliphatic rings. The number of nitrogens with one attached hydrogen (secondary N) is 1. The van der Waals surface area contributed by atoms with Gasteiger partial charge < -0.3 is 20.1 Å². The Morgan fingerprint density at radius 3 is 2.59 bits per heavy atom. The van der Waals surface area contributed by atoms with Crippen molar-refractivity contribution in [3.8, 4) is 11.8 Å². The molecule has 1 aliphatic heterocycles. The zero-order chi connectivity index (χ0) is 20.2. The summed E-state index contributed by atoms with van der Waals surface area (Å²) in [5, 5.41) is 33.2. The molecule has 2 N–H and O–H groups in total. The summed E-state index contributed by atoms with van der Waals surface area (Å²) in [6, 6.07) is 15.6. The predicted molar refractivity (Wildman–Crippen MR) is 112 cm³/mol. The van der Waals surface area contributed by atoms with Gasteiger partial charge in [-0.1, -0.05) is 12.1 Å². The van der Waals surface area contributed by atoms with Gasteiger partial charge in [-0.15, -0.1) is 10.2 Å². The summed E-state index contributed by atoms with van der Waals surface area (Å²) in [7, 11) is 1.65. The van der Waals surface area contributed by atoms with Crippen molar-refractivity contribution in [3.63, 3.8) is 0 Å². The van der Waals surface area contributed by atoms with Gasteiger partial charge in [-0.3, -0.25) is 0 Å². The molecule has 3 aromatic rings. The lowest BCUT2D eigenvalue weighted by atomic mass is 10.1. The average Bonchev–Trinajstić information content (AvgIpc) is 2.78. The maximum absolute atomic E-state index is 9.79. The molecule has 2 heterocycles. The van der Waals surface area contributed by atoms with Gasteiger partial charge in [0.15, 0.2) is 11.6 Å². The van der Waals surface area contributed by atoms with Crippen LogP contribution in [0, 0.1) is 11.3 Å². The molecular weight excluding hydrogens is 366 g/mol. The number of aliphatic hydroxyl groups excluding tert-OH is 1. The number of anilines is 2. The first-order chi connectivity index (χ1) is 14.2. The number of hydrogen-bond donors (Lipinski definition) is 2. The fraction of sp³-hybridized carbons (Fsp3) is 0.318. The molecule has 0 amide bonds. The van der Waals surface area contributed by atoms with E-state index in [1.165, 1.54) is 0 Å². The molecule has 4 rings (SSSR count). The lowest BCUT2D eigenvalue weighted by molar-refractivity contribution is 0.145. The van der Waals surface area contributed by atoms with Gasteiger partial charge in [0, 0.05) is 30.4 Å². The zero-order valence-electron chi connectivity index (χ0n) is 16.3. The van der Waals surface area contributed by atoms with Crippen molar-refractivity contribution in [1.82, 2.24) is 10.2 Å². The van der Waals surface area contributed by atoms with Crippen molar-refractivity contribution in [2.75, 3.05) is 30.4 Å². The molecule has 2 aromatic carbocycles. The predicted octanol–water partition coefficient (Wildman–Crippen LogP) is 3.08. The maximum atomic E-state index is 9.79. The highest BCUT2D eigenvalue weighted by Crippen LogP contribution is 2.31. The minimum atomic E-state index is -0.249. The number of aliphatic hydroxyl groups is 1. The Bertz CT molecular complexity index is 1040. The number of aromatic nitrogens is 2. The molecule has 29 heavy (non-hydrogen) atoms. The van der Waals surface area contributed by atoms with Gasteiger partial charge in [-0.25, -0.2) is 0 Å². The molecule has 148 valence electrons. The summed E-state index contributed by atoms with van der Waals surface area (Å²) < 4.78 is 5.20. The molecule has 7 nitrogen and oxygen atoms in total. The molecule has 0 atom stereocenters. The largest absolute Gasteiger partial charge is 0.497 e. The van der Waals surface area contributed by atoms with Crippen molar-refractivity contribution in [1.29, 1.82) is 5.26 Å². The highest BCUT2D eigenvalue weighted by molar-refractivity contribution is 5.99. The van der Waals surface area contributed by atoms with E-state index in [1.807, 2.05) is 36.4 Å². The number of hydrogen-bond acceptors (Lipinski definition) is 7. The molecule has 1 aromatic heterocycles. The Labute approximate surface area is 169 Å². The molecule has 1 fully saturated rings. The van der Waals surface area contributed by atoms with E-state index in [0.29, 0.717) is 17.9 Å². The summed E-state index contributed by atoms with van der Waals surface area (Å²) in [6.45, 7) is 2.06. The summed E-state index contributed by atoms with van der Waals surface area (Å²) in [4.78, 5) is 2.15. The van der Waals surface area contributed by atoms with Crippen LogP contribution < -0.4 is 15.0 Å². The van der Waals surface area contributed by atoms with Gasteiger partial charge in [0.25, 0.3) is 0 Å². The molecule has 0 spiro atoms. The van der Waals surface area contributed by atoms with Crippen molar-refractivity contribution in [2.24, 2.45) is 0 Å². The van der Waals surface area contributed by atoms with Crippen LogP contribution in [0.25, 0.3) is 10.8 Å². The summed E-state index contributed by atoms with van der Waals surface area (Å²) >= 11 is 0. The third-order valence-electron chi connectivity index (χ3n) is 5.27. The Kier molecular flexibility index (Phi) is 5.45. The van der Waals surface area contributed by atoms with E-state index in [4.69, 9.17) is 4.74 Å². The van der Waals surface area contributed by atoms with Gasteiger partial charge >= 0.3 is 0 Å². The summed E-state index contributed by atoms with van der Waals surface area (Å²) in [6.07, 6.45) is 1.19. The van der Waals surface area contributed by atoms with E-state index in [2.05, 4.69) is 26.5 Å². The van der Waals surface area contributed by atoms with E-state index in [-0.39, 0.29) is 6.10 Å². The summed E-state index contributed by atoms with van der Waals surface area (Å²) in [5.74, 6) is 2.26. The highest BCUT2D eigenvalue weighted by Gasteiger charge is 2.21. The van der Waals surface area contributed by atoms with Crippen molar-refractivity contribution < 1.29 is 9.84 Å². The van der Waals surface area contributed by atoms with Crippen LogP contribution in [0.1, 0.15) is 24.0 Å². The Hall–Kier alpha value is -3.37. The Morgan fingerprint density at radius 2 is 1.90 bits per heavy atom. The summed E-state index contributed by atoms with van der Waals surface area (Å²) in [5.41, 5.74) is 1.67. The van der Waals surface area contributed by atoms with Crippen molar-refractivity contribution in [3.05, 3.63) is 53.6 Å². The number of nitrogens with zero attached hydrogens (tertiary/aromatic N) is 4. The van der Waals surface area contributed by atoms with E-state index < -0.39 is 0 Å². The maximum Gasteiger partial charge on any atom is 0.159 e. The van der Waals surface area contributed by atoms with Crippen molar-refractivity contribution >= 4 is 22.4 Å².